The van der Waals surface area contributed by atoms with Gasteiger partial charge in [0.15, 0.2) is 0 Å². The van der Waals surface area contributed by atoms with Gasteiger partial charge >= 0.3 is 0 Å². The van der Waals surface area contributed by atoms with Crippen molar-refractivity contribution in [3.63, 3.8) is 0 Å². The topological polar surface area (TPSA) is 33.5 Å². The SMILES string of the molecule is Cc1nn(-c2[c-]c(Oc3[c-]c(N4C=CN(C)[CH-]4)cc(C(C)(C)C)c3)ccc2)c(C)c1C(C)(C)c1ccccc1.[Pt]. The van der Waals surface area contributed by atoms with E-state index in [4.69, 9.17) is 9.84 Å². The van der Waals surface area contributed by atoms with Crippen LogP contribution in [0.4, 0.5) is 5.69 Å². The van der Waals surface area contributed by atoms with Crippen LogP contribution >= 0.6 is 0 Å². The molecule has 5 rings (SSSR count). The molecule has 0 bridgehead atoms. The van der Waals surface area contributed by atoms with Gasteiger partial charge in [-0.15, -0.1) is 47.6 Å². The number of aromatic nitrogens is 2. The van der Waals surface area contributed by atoms with Gasteiger partial charge in [0.2, 0.25) is 0 Å². The normalized spacial score (nSPS) is 13.5. The third-order valence-electron chi connectivity index (χ3n) is 7.36. The Kier molecular flexibility index (Phi) is 8.38. The Hall–Kier alpha value is -3.30. The van der Waals surface area contributed by atoms with Crippen molar-refractivity contribution in [2.75, 3.05) is 11.9 Å². The zero-order valence-electron chi connectivity index (χ0n) is 24.5. The van der Waals surface area contributed by atoms with Crippen LogP contribution < -0.4 is 9.64 Å². The summed E-state index contributed by atoms with van der Waals surface area (Å²) < 4.78 is 8.36. The summed E-state index contributed by atoms with van der Waals surface area (Å²) in [6.07, 6.45) is 4.03. The van der Waals surface area contributed by atoms with Gasteiger partial charge in [0.25, 0.3) is 0 Å². The number of nitrogens with zero attached hydrogens (tertiary/aromatic N) is 4. The number of anilines is 1. The van der Waals surface area contributed by atoms with E-state index < -0.39 is 0 Å². The molecule has 3 aromatic carbocycles. The Morgan fingerprint density at radius 2 is 1.50 bits per heavy atom. The van der Waals surface area contributed by atoms with Crippen molar-refractivity contribution in [2.45, 2.75) is 59.3 Å². The molecule has 0 aliphatic carbocycles. The van der Waals surface area contributed by atoms with Crippen LogP contribution in [0.3, 0.4) is 0 Å². The monoisotopic (exact) mass is 712 g/mol. The van der Waals surface area contributed by atoms with Crippen molar-refractivity contribution < 1.29 is 25.8 Å². The minimum Gasteiger partial charge on any atom is -0.510 e. The molecule has 40 heavy (non-hydrogen) atoms. The van der Waals surface area contributed by atoms with Crippen LogP contribution in [0.15, 0.2) is 73.1 Å². The first-order valence-electron chi connectivity index (χ1n) is 13.4. The second-order valence-electron chi connectivity index (χ2n) is 11.8. The number of rotatable bonds is 6. The maximum atomic E-state index is 6.39. The minimum atomic E-state index is -0.185. The van der Waals surface area contributed by atoms with Crippen LogP contribution in [0.25, 0.3) is 5.69 Å². The summed E-state index contributed by atoms with van der Waals surface area (Å²) in [5, 5.41) is 4.94. The minimum absolute atomic E-state index is 0. The Morgan fingerprint density at radius 1 is 0.800 bits per heavy atom. The van der Waals surface area contributed by atoms with E-state index in [1.807, 2.05) is 58.8 Å². The number of ether oxygens (including phenoxy) is 1. The second-order valence-corrected chi connectivity index (χ2v) is 11.8. The molecule has 0 amide bonds. The fourth-order valence-corrected chi connectivity index (χ4v) is 5.27. The van der Waals surface area contributed by atoms with E-state index in [2.05, 4.69) is 103 Å². The first-order valence-corrected chi connectivity index (χ1v) is 13.4. The molecule has 1 aromatic heterocycles. The Labute approximate surface area is 253 Å². The predicted molar refractivity (Wildman–Crippen MR) is 158 cm³/mol. The van der Waals surface area contributed by atoms with E-state index in [-0.39, 0.29) is 31.9 Å². The first-order chi connectivity index (χ1) is 18.4. The molecule has 1 aliphatic rings. The molecule has 0 N–H and O–H groups in total. The van der Waals surface area contributed by atoms with Gasteiger partial charge in [-0.1, -0.05) is 65.0 Å². The quantitative estimate of drug-likeness (QED) is 0.191. The van der Waals surface area contributed by atoms with Gasteiger partial charge in [0.05, 0.1) is 5.69 Å². The summed E-state index contributed by atoms with van der Waals surface area (Å²) in [5.41, 5.74) is 7.31. The van der Waals surface area contributed by atoms with E-state index in [1.165, 1.54) is 16.7 Å². The number of hydrogen-bond acceptors (Lipinski definition) is 4. The van der Waals surface area contributed by atoms with E-state index in [0.717, 1.165) is 22.8 Å². The van der Waals surface area contributed by atoms with Gasteiger partial charge in [-0.2, -0.15) is 17.8 Å². The zero-order chi connectivity index (χ0) is 27.9. The molecular formula is C34H37N4OPt-3. The summed E-state index contributed by atoms with van der Waals surface area (Å²) in [5.74, 6) is 1.27. The van der Waals surface area contributed by atoms with Crippen molar-refractivity contribution in [2.24, 2.45) is 0 Å². The molecule has 212 valence electrons. The Bertz CT molecular complexity index is 1510. The van der Waals surface area contributed by atoms with Gasteiger partial charge in [-0.3, -0.25) is 4.68 Å². The average Bonchev–Trinajstić information content (AvgIpc) is 3.46. The number of hydrogen-bond donors (Lipinski definition) is 0. The van der Waals surface area contributed by atoms with Gasteiger partial charge < -0.3 is 14.5 Å². The van der Waals surface area contributed by atoms with Crippen molar-refractivity contribution in [3.8, 4) is 17.2 Å². The molecule has 4 aromatic rings. The van der Waals surface area contributed by atoms with Crippen LogP contribution in [0.5, 0.6) is 11.5 Å². The number of aryl methyl sites for hydroxylation is 1. The summed E-state index contributed by atoms with van der Waals surface area (Å²) in [6.45, 7) is 17.4. The van der Waals surface area contributed by atoms with Crippen LogP contribution in [-0.4, -0.2) is 21.7 Å². The molecule has 0 spiro atoms. The average molecular weight is 713 g/mol. The van der Waals surface area contributed by atoms with Crippen molar-refractivity contribution in [1.29, 1.82) is 0 Å². The first kappa shape index (κ1) is 29.7. The molecule has 0 atom stereocenters. The molecule has 0 saturated carbocycles. The Morgan fingerprint density at radius 3 is 2.15 bits per heavy atom. The molecule has 0 radical (unpaired) electrons. The smallest absolute Gasteiger partial charge is 0.0640 e. The summed E-state index contributed by atoms with van der Waals surface area (Å²) in [4.78, 5) is 4.06. The van der Waals surface area contributed by atoms with E-state index >= 15 is 0 Å². The van der Waals surface area contributed by atoms with E-state index in [9.17, 15) is 0 Å². The maximum absolute atomic E-state index is 6.39. The van der Waals surface area contributed by atoms with Crippen LogP contribution in [0.1, 0.15) is 62.7 Å². The zero-order valence-corrected chi connectivity index (χ0v) is 26.8. The largest absolute Gasteiger partial charge is 0.510 e. The molecule has 6 heteroatoms. The van der Waals surface area contributed by atoms with Crippen LogP contribution in [-0.2, 0) is 31.9 Å². The van der Waals surface area contributed by atoms with Crippen molar-refractivity contribution >= 4 is 5.69 Å². The van der Waals surface area contributed by atoms with Gasteiger partial charge in [0.1, 0.15) is 0 Å². The molecule has 0 saturated heterocycles. The summed E-state index contributed by atoms with van der Waals surface area (Å²) in [7, 11) is 2.01. The fraction of sp³-hybridized carbons (Fsp3) is 0.294. The van der Waals surface area contributed by atoms with E-state index in [0.29, 0.717) is 11.5 Å². The number of benzene rings is 3. The third-order valence-corrected chi connectivity index (χ3v) is 7.36. The predicted octanol–water partition coefficient (Wildman–Crippen LogP) is 7.85. The molecule has 2 heterocycles. The van der Waals surface area contributed by atoms with Gasteiger partial charge in [-0.25, -0.2) is 0 Å². The fourth-order valence-electron chi connectivity index (χ4n) is 5.27. The third kappa shape index (κ3) is 5.90. The van der Waals surface area contributed by atoms with Crippen molar-refractivity contribution in [1.82, 2.24) is 14.7 Å². The molecule has 5 nitrogen and oxygen atoms in total. The van der Waals surface area contributed by atoms with E-state index in [1.54, 1.807) is 0 Å². The van der Waals surface area contributed by atoms with Crippen molar-refractivity contribution in [3.05, 3.63) is 120 Å². The standard InChI is InChI=1S/C34H37N4O.Pt/c1-24-32(34(6,7)26-13-10-9-11-14-26)25(2)38(35-24)28-15-12-16-30(21-28)39-31-20-27(33(3,4)5)19-29(22-31)37-18-17-36(8)23-37;/h9-20,23H,1-8H3;/q-3;. The van der Waals surface area contributed by atoms with Gasteiger partial charge in [0, 0.05) is 49.2 Å². The molecule has 1 aliphatic heterocycles. The molecule has 0 fully saturated rings. The second kappa shape index (κ2) is 11.3. The molecular weight excluding hydrogens is 675 g/mol. The van der Waals surface area contributed by atoms with Gasteiger partial charge in [-0.05, 0) is 50.0 Å². The van der Waals surface area contributed by atoms with Crippen LogP contribution in [0, 0.1) is 32.6 Å². The van der Waals surface area contributed by atoms with Crippen LogP contribution in [0.2, 0.25) is 0 Å². The summed E-state index contributed by atoms with van der Waals surface area (Å²) in [6, 6.07) is 27.7. The Balaban J connectivity index is 0.00000370. The molecule has 0 unspecified atom stereocenters. The summed E-state index contributed by atoms with van der Waals surface area (Å²) >= 11 is 0. The maximum Gasteiger partial charge on any atom is 0.0640 e.